The molecule has 2 aromatic rings. The van der Waals surface area contributed by atoms with Gasteiger partial charge in [-0.3, -0.25) is 9.59 Å². The highest BCUT2D eigenvalue weighted by Gasteiger charge is 2.13. The molecule has 2 rings (SSSR count). The fourth-order valence-corrected chi connectivity index (χ4v) is 1.99. The van der Waals surface area contributed by atoms with Crippen molar-refractivity contribution >= 4 is 27.5 Å². The number of rotatable bonds is 4. The first-order valence-electron chi connectivity index (χ1n) is 5.85. The van der Waals surface area contributed by atoms with Crippen molar-refractivity contribution in [2.75, 3.05) is 0 Å². The number of benzene rings is 1. The first kappa shape index (κ1) is 13.6. The van der Waals surface area contributed by atoms with E-state index in [1.807, 2.05) is 12.1 Å². The van der Waals surface area contributed by atoms with Crippen molar-refractivity contribution in [2.45, 2.75) is 13.5 Å². The molecule has 0 aliphatic carbocycles. The molecule has 1 aromatic carbocycles. The predicted molar refractivity (Wildman–Crippen MR) is 75.1 cm³/mol. The topological polar surface area (TPSA) is 38.0 Å². The van der Waals surface area contributed by atoms with Crippen LogP contribution in [0.2, 0.25) is 0 Å². The Kier molecular flexibility index (Phi) is 4.22. The van der Waals surface area contributed by atoms with Crippen LogP contribution >= 0.6 is 15.9 Å². The van der Waals surface area contributed by atoms with E-state index in [0.717, 1.165) is 4.47 Å². The number of aromatic nitrogens is 1. The van der Waals surface area contributed by atoms with E-state index in [4.69, 9.17) is 0 Å². The van der Waals surface area contributed by atoms with Gasteiger partial charge in [0.2, 0.25) is 12.3 Å². The molecule has 3 nitrogen and oxygen atoms in total. The Hall–Kier alpha value is -1.81. The lowest BCUT2D eigenvalue weighted by molar-refractivity contribution is -0.683. The second kappa shape index (κ2) is 5.89. The van der Waals surface area contributed by atoms with Gasteiger partial charge in [-0.2, -0.15) is 4.57 Å². The number of hydrogen-bond acceptors (Lipinski definition) is 2. The van der Waals surface area contributed by atoms with Crippen LogP contribution in [0.1, 0.15) is 27.6 Å². The van der Waals surface area contributed by atoms with Crippen molar-refractivity contribution in [1.82, 2.24) is 0 Å². The third-order valence-corrected chi connectivity index (χ3v) is 3.29. The van der Waals surface area contributed by atoms with E-state index in [1.165, 1.54) is 6.92 Å². The van der Waals surface area contributed by atoms with Crippen LogP contribution in [-0.4, -0.2) is 11.6 Å². The minimum atomic E-state index is -0.00885. The molecule has 0 bridgehead atoms. The maximum Gasteiger partial charge on any atom is 0.227 e. The average molecular weight is 319 g/mol. The summed E-state index contributed by atoms with van der Waals surface area (Å²) in [6.07, 6.45) is 3.47. The Morgan fingerprint density at radius 2 is 1.79 bits per heavy atom. The van der Waals surface area contributed by atoms with Crippen LogP contribution in [0.25, 0.3) is 0 Å². The summed E-state index contributed by atoms with van der Waals surface area (Å²) in [6, 6.07) is 10.7. The second-order valence-corrected chi connectivity index (χ2v) is 5.17. The molecule has 0 amide bonds. The molecule has 0 radical (unpaired) electrons. The summed E-state index contributed by atoms with van der Waals surface area (Å²) in [6.45, 7) is 1.74. The van der Waals surface area contributed by atoms with Gasteiger partial charge in [0.05, 0.1) is 5.56 Å². The van der Waals surface area contributed by atoms with Crippen molar-refractivity contribution < 1.29 is 14.2 Å². The number of carbonyl (C=O) groups is 2. The predicted octanol–water partition coefficient (Wildman–Crippen LogP) is 2.82. The number of halogens is 1. The Morgan fingerprint density at radius 3 is 2.42 bits per heavy atom. The molecule has 0 unspecified atom stereocenters. The summed E-state index contributed by atoms with van der Waals surface area (Å²) in [5.74, 6) is 0.00337. The van der Waals surface area contributed by atoms with E-state index >= 15 is 0 Å². The zero-order valence-electron chi connectivity index (χ0n) is 10.5. The average Bonchev–Trinajstić information content (AvgIpc) is 2.39. The zero-order chi connectivity index (χ0) is 13.8. The van der Waals surface area contributed by atoms with Gasteiger partial charge in [-0.1, -0.05) is 28.1 Å². The van der Waals surface area contributed by atoms with Crippen molar-refractivity contribution in [3.8, 4) is 0 Å². The summed E-state index contributed by atoms with van der Waals surface area (Å²) >= 11 is 3.33. The highest BCUT2D eigenvalue weighted by atomic mass is 79.9. The first-order chi connectivity index (χ1) is 9.06. The van der Waals surface area contributed by atoms with Gasteiger partial charge >= 0.3 is 0 Å². The van der Waals surface area contributed by atoms with Crippen molar-refractivity contribution in [3.05, 3.63) is 64.4 Å². The van der Waals surface area contributed by atoms with Crippen LogP contribution in [0.15, 0.2) is 53.3 Å². The molecule has 1 aromatic heterocycles. The first-order valence-corrected chi connectivity index (χ1v) is 6.64. The normalized spacial score (nSPS) is 10.2. The number of carbonyl (C=O) groups excluding carboxylic acids is 2. The van der Waals surface area contributed by atoms with Gasteiger partial charge in [0.25, 0.3) is 0 Å². The van der Waals surface area contributed by atoms with Gasteiger partial charge in [0, 0.05) is 16.1 Å². The van der Waals surface area contributed by atoms with Gasteiger partial charge in [0.15, 0.2) is 18.2 Å². The van der Waals surface area contributed by atoms with E-state index in [0.29, 0.717) is 11.1 Å². The molecule has 0 aliphatic heterocycles. The van der Waals surface area contributed by atoms with Gasteiger partial charge < -0.3 is 0 Å². The quantitative estimate of drug-likeness (QED) is 0.642. The number of hydrogen-bond donors (Lipinski definition) is 0. The highest BCUT2D eigenvalue weighted by molar-refractivity contribution is 9.10. The van der Waals surface area contributed by atoms with Gasteiger partial charge in [-0.25, -0.2) is 0 Å². The molecule has 1 heterocycles. The summed E-state index contributed by atoms with van der Waals surface area (Å²) in [4.78, 5) is 23.4. The third-order valence-electron chi connectivity index (χ3n) is 2.76. The summed E-state index contributed by atoms with van der Waals surface area (Å²) < 4.78 is 2.66. The van der Waals surface area contributed by atoms with Gasteiger partial charge in [-0.15, -0.1) is 0 Å². The van der Waals surface area contributed by atoms with E-state index < -0.39 is 0 Å². The van der Waals surface area contributed by atoms with E-state index in [-0.39, 0.29) is 18.1 Å². The largest absolute Gasteiger partial charge is 0.294 e. The molecule has 0 spiro atoms. The third kappa shape index (κ3) is 3.58. The van der Waals surface area contributed by atoms with E-state index in [1.54, 1.807) is 41.2 Å². The van der Waals surface area contributed by atoms with Gasteiger partial charge in [-0.05, 0) is 25.1 Å². The summed E-state index contributed by atoms with van der Waals surface area (Å²) in [5, 5.41) is 0. The lowest BCUT2D eigenvalue weighted by atomic mass is 10.1. The minimum absolute atomic E-state index is 0.00885. The maximum atomic E-state index is 12.1. The van der Waals surface area contributed by atoms with E-state index in [2.05, 4.69) is 15.9 Å². The van der Waals surface area contributed by atoms with Crippen LogP contribution in [0, 0.1) is 0 Å². The molecule has 96 valence electrons. The fraction of sp³-hybridized carbons (Fsp3) is 0.133. The Balaban J connectivity index is 2.17. The molecule has 0 aliphatic rings. The molecule has 0 N–H and O–H groups in total. The molecular formula is C15H13BrNO2+. The molecule has 19 heavy (non-hydrogen) atoms. The van der Waals surface area contributed by atoms with Crippen LogP contribution in [0.5, 0.6) is 0 Å². The molecule has 0 atom stereocenters. The van der Waals surface area contributed by atoms with Crippen LogP contribution in [-0.2, 0) is 6.54 Å². The highest BCUT2D eigenvalue weighted by Crippen LogP contribution is 2.11. The molecule has 0 saturated heterocycles. The smallest absolute Gasteiger partial charge is 0.227 e. The van der Waals surface area contributed by atoms with Crippen LogP contribution in [0.3, 0.4) is 0 Å². The van der Waals surface area contributed by atoms with Crippen molar-refractivity contribution in [3.63, 3.8) is 0 Å². The number of Topliss-reactive ketones (excluding diaryl/α,β-unsaturated/α-hetero) is 2. The zero-order valence-corrected chi connectivity index (χ0v) is 12.1. The minimum Gasteiger partial charge on any atom is -0.294 e. The lowest BCUT2D eigenvalue weighted by Crippen LogP contribution is -2.37. The number of ketones is 2. The SMILES string of the molecule is CC(=O)c1ccc[n+](CC(=O)c2ccc(Br)cc2)c1. The van der Waals surface area contributed by atoms with Crippen molar-refractivity contribution in [2.24, 2.45) is 0 Å². The molecule has 4 heteroatoms. The Bertz CT molecular complexity index is 620. The van der Waals surface area contributed by atoms with Crippen LogP contribution < -0.4 is 4.57 Å². The molecule has 0 fully saturated rings. The molecular weight excluding hydrogens is 306 g/mol. The number of pyridine rings is 1. The monoisotopic (exact) mass is 318 g/mol. The number of nitrogens with zero attached hydrogens (tertiary/aromatic N) is 1. The Morgan fingerprint density at radius 1 is 1.11 bits per heavy atom. The van der Waals surface area contributed by atoms with E-state index in [9.17, 15) is 9.59 Å². The van der Waals surface area contributed by atoms with Crippen molar-refractivity contribution in [1.29, 1.82) is 0 Å². The second-order valence-electron chi connectivity index (χ2n) is 4.25. The van der Waals surface area contributed by atoms with Crippen LogP contribution in [0.4, 0.5) is 0 Å². The lowest BCUT2D eigenvalue weighted by Gasteiger charge is -2.00. The maximum absolute atomic E-state index is 12.1. The summed E-state index contributed by atoms with van der Waals surface area (Å²) in [7, 11) is 0. The standard InChI is InChI=1S/C15H13BrNO2/c1-11(18)13-3-2-8-17(9-13)10-15(19)12-4-6-14(16)7-5-12/h2-9H,10H2,1H3/q+1. The fourth-order valence-electron chi connectivity index (χ4n) is 1.72. The summed E-state index contributed by atoms with van der Waals surface area (Å²) in [5.41, 5.74) is 1.26. The molecule has 0 saturated carbocycles. The van der Waals surface area contributed by atoms with Gasteiger partial charge in [0.1, 0.15) is 0 Å². The Labute approximate surface area is 120 Å².